The minimum atomic E-state index is -0.0865. The van der Waals surface area contributed by atoms with Crippen LogP contribution in [0.25, 0.3) is 0 Å². The molecule has 5 heteroatoms. The van der Waals surface area contributed by atoms with Gasteiger partial charge < -0.3 is 15.1 Å². The highest BCUT2D eigenvalue weighted by Crippen LogP contribution is 2.39. The first-order valence-corrected chi connectivity index (χ1v) is 10.5. The fourth-order valence-electron chi connectivity index (χ4n) is 4.57. The van der Waals surface area contributed by atoms with E-state index in [0.29, 0.717) is 6.54 Å². The van der Waals surface area contributed by atoms with Crippen LogP contribution in [-0.2, 0) is 11.2 Å². The van der Waals surface area contributed by atoms with Gasteiger partial charge in [0.1, 0.15) is 0 Å². The van der Waals surface area contributed by atoms with Crippen molar-refractivity contribution < 1.29 is 9.59 Å². The second-order valence-electron chi connectivity index (χ2n) is 8.69. The largest absolute Gasteiger partial charge is 0.342 e. The summed E-state index contributed by atoms with van der Waals surface area (Å²) in [4.78, 5) is 29.5. The molecule has 5 nitrogen and oxygen atoms in total. The van der Waals surface area contributed by atoms with Gasteiger partial charge in [-0.1, -0.05) is 29.8 Å². The summed E-state index contributed by atoms with van der Waals surface area (Å²) in [7, 11) is 0. The highest BCUT2D eigenvalue weighted by molar-refractivity contribution is 5.81. The number of nitrogens with one attached hydrogen (secondary N) is 1. The molecule has 3 fully saturated rings. The number of urea groups is 1. The molecule has 1 aromatic rings. The summed E-state index contributed by atoms with van der Waals surface area (Å²) in [6, 6.07) is 8.55. The number of carbonyl (C=O) groups is 2. The molecule has 1 N–H and O–H groups in total. The molecular formula is C22H31N3O2. The molecule has 0 bridgehead atoms. The van der Waals surface area contributed by atoms with Crippen molar-refractivity contribution in [3.8, 4) is 0 Å². The normalized spacial score (nSPS) is 24.0. The van der Waals surface area contributed by atoms with Gasteiger partial charge in [0, 0.05) is 31.7 Å². The molecule has 3 aliphatic rings. The summed E-state index contributed by atoms with van der Waals surface area (Å²) in [6.45, 7) is 5.22. The maximum absolute atomic E-state index is 12.9. The van der Waals surface area contributed by atoms with Gasteiger partial charge in [0.05, 0.1) is 5.92 Å². The molecule has 0 aromatic heterocycles. The van der Waals surface area contributed by atoms with Gasteiger partial charge in [-0.25, -0.2) is 4.79 Å². The molecule has 3 amide bonds. The monoisotopic (exact) mass is 369 g/mol. The Labute approximate surface area is 162 Å². The van der Waals surface area contributed by atoms with Crippen molar-refractivity contribution in [1.29, 1.82) is 0 Å². The number of benzene rings is 1. The summed E-state index contributed by atoms with van der Waals surface area (Å²) in [5.41, 5.74) is 2.46. The van der Waals surface area contributed by atoms with Crippen molar-refractivity contribution >= 4 is 11.9 Å². The molecule has 0 unspecified atom stereocenters. The average Bonchev–Trinajstić information content (AvgIpc) is 3.19. The summed E-state index contributed by atoms with van der Waals surface area (Å²) >= 11 is 0. The molecular weight excluding hydrogens is 338 g/mol. The van der Waals surface area contributed by atoms with Crippen molar-refractivity contribution in [3.05, 3.63) is 35.4 Å². The summed E-state index contributed by atoms with van der Waals surface area (Å²) in [5.74, 6) is 0.237. The predicted molar refractivity (Wildman–Crippen MR) is 105 cm³/mol. The Kier molecular flexibility index (Phi) is 5.11. The second-order valence-corrected chi connectivity index (χ2v) is 8.69. The number of hydrogen-bond donors (Lipinski definition) is 1. The molecule has 1 saturated carbocycles. The molecule has 27 heavy (non-hydrogen) atoms. The highest BCUT2D eigenvalue weighted by atomic mass is 16.2. The van der Waals surface area contributed by atoms with Gasteiger partial charge >= 0.3 is 6.03 Å². The second kappa shape index (κ2) is 7.53. The van der Waals surface area contributed by atoms with Crippen LogP contribution in [0.4, 0.5) is 4.79 Å². The molecule has 0 radical (unpaired) electrons. The molecule has 4 rings (SSSR count). The zero-order chi connectivity index (χ0) is 18.9. The zero-order valence-corrected chi connectivity index (χ0v) is 16.4. The number of hydrogen-bond acceptors (Lipinski definition) is 2. The summed E-state index contributed by atoms with van der Waals surface area (Å²) in [6.07, 6.45) is 7.03. The molecule has 2 heterocycles. The Balaban J connectivity index is 1.34. The molecule has 2 aliphatic heterocycles. The third-order valence-electron chi connectivity index (χ3n) is 6.33. The maximum atomic E-state index is 12.9. The van der Waals surface area contributed by atoms with E-state index in [4.69, 9.17) is 0 Å². The quantitative estimate of drug-likeness (QED) is 0.887. The number of likely N-dealkylation sites (tertiary alicyclic amines) is 2. The van der Waals surface area contributed by atoms with Gasteiger partial charge in [-0.15, -0.1) is 0 Å². The van der Waals surface area contributed by atoms with Crippen molar-refractivity contribution in [2.75, 3.05) is 26.2 Å². The number of carbonyl (C=O) groups excluding carboxylic acids is 2. The lowest BCUT2D eigenvalue weighted by atomic mass is 9.96. The molecule has 1 aliphatic carbocycles. The first-order chi connectivity index (χ1) is 13.0. The van der Waals surface area contributed by atoms with Crippen LogP contribution in [-0.4, -0.2) is 53.5 Å². The van der Waals surface area contributed by atoms with Crippen LogP contribution >= 0.6 is 0 Å². The Morgan fingerprint density at radius 1 is 1.11 bits per heavy atom. The van der Waals surface area contributed by atoms with E-state index in [1.807, 2.05) is 9.80 Å². The van der Waals surface area contributed by atoms with Gasteiger partial charge in [-0.05, 0) is 57.4 Å². The van der Waals surface area contributed by atoms with E-state index in [0.717, 1.165) is 64.6 Å². The molecule has 146 valence electrons. The van der Waals surface area contributed by atoms with Crippen molar-refractivity contribution in [2.45, 2.75) is 57.4 Å². The standard InChI is InChI=1S/C22H31N3O2/c1-17-6-4-7-18(14-17)15-22(9-10-22)23-21(27)25-13-5-8-19(16-25)20(26)24-11-2-3-12-24/h4,6-7,14,19H,2-3,5,8-13,15-16H2,1H3,(H,23,27)/t19-/m0/s1. The Morgan fingerprint density at radius 3 is 2.56 bits per heavy atom. The van der Waals surface area contributed by atoms with Gasteiger partial charge in [0.15, 0.2) is 0 Å². The van der Waals surface area contributed by atoms with Crippen molar-refractivity contribution in [2.24, 2.45) is 5.92 Å². The van der Waals surface area contributed by atoms with Crippen LogP contribution in [0.2, 0.25) is 0 Å². The van der Waals surface area contributed by atoms with E-state index < -0.39 is 0 Å². The van der Waals surface area contributed by atoms with Crippen molar-refractivity contribution in [3.63, 3.8) is 0 Å². The Hall–Kier alpha value is -2.04. The Bertz CT molecular complexity index is 707. The molecule has 1 aromatic carbocycles. The minimum Gasteiger partial charge on any atom is -0.342 e. The van der Waals surface area contributed by atoms with E-state index >= 15 is 0 Å². The minimum absolute atomic E-state index is 0.0130. The van der Waals surface area contributed by atoms with E-state index in [-0.39, 0.29) is 23.4 Å². The number of rotatable bonds is 4. The Morgan fingerprint density at radius 2 is 1.85 bits per heavy atom. The SMILES string of the molecule is Cc1cccc(CC2(NC(=O)N3CCC[C@H](C(=O)N4CCCC4)C3)CC2)c1. The third-order valence-corrected chi connectivity index (χ3v) is 6.33. The number of piperidine rings is 1. The molecule has 2 saturated heterocycles. The number of amides is 3. The first kappa shape index (κ1) is 18.3. The van der Waals surface area contributed by atoms with Crippen LogP contribution < -0.4 is 5.32 Å². The van der Waals surface area contributed by atoms with Crippen LogP contribution in [0.3, 0.4) is 0 Å². The fraction of sp³-hybridized carbons (Fsp3) is 0.636. The zero-order valence-electron chi connectivity index (χ0n) is 16.4. The summed E-state index contributed by atoms with van der Waals surface area (Å²) in [5, 5.41) is 3.30. The maximum Gasteiger partial charge on any atom is 0.317 e. The predicted octanol–water partition coefficient (Wildman–Crippen LogP) is 3.11. The smallest absolute Gasteiger partial charge is 0.317 e. The number of aryl methyl sites for hydroxylation is 1. The van der Waals surface area contributed by atoms with Crippen LogP contribution in [0.5, 0.6) is 0 Å². The summed E-state index contributed by atoms with van der Waals surface area (Å²) < 4.78 is 0. The highest BCUT2D eigenvalue weighted by Gasteiger charge is 2.45. The van der Waals surface area contributed by atoms with Gasteiger partial charge in [-0.2, -0.15) is 0 Å². The van der Waals surface area contributed by atoms with E-state index in [2.05, 4.69) is 36.5 Å². The first-order valence-electron chi connectivity index (χ1n) is 10.5. The van der Waals surface area contributed by atoms with Crippen LogP contribution in [0.1, 0.15) is 49.7 Å². The lowest BCUT2D eigenvalue weighted by Crippen LogP contribution is -2.52. The van der Waals surface area contributed by atoms with E-state index in [9.17, 15) is 9.59 Å². The molecule has 1 atom stereocenters. The van der Waals surface area contributed by atoms with Crippen molar-refractivity contribution in [1.82, 2.24) is 15.1 Å². The van der Waals surface area contributed by atoms with Gasteiger partial charge in [-0.3, -0.25) is 4.79 Å². The third kappa shape index (κ3) is 4.28. The van der Waals surface area contributed by atoms with Crippen LogP contribution in [0.15, 0.2) is 24.3 Å². The molecule has 0 spiro atoms. The van der Waals surface area contributed by atoms with Crippen LogP contribution in [0, 0.1) is 12.8 Å². The average molecular weight is 370 g/mol. The fourth-order valence-corrected chi connectivity index (χ4v) is 4.57. The van der Waals surface area contributed by atoms with E-state index in [1.165, 1.54) is 11.1 Å². The number of nitrogens with zero attached hydrogens (tertiary/aromatic N) is 2. The lowest BCUT2D eigenvalue weighted by molar-refractivity contribution is -0.135. The lowest BCUT2D eigenvalue weighted by Gasteiger charge is -2.35. The topological polar surface area (TPSA) is 52.7 Å². The van der Waals surface area contributed by atoms with Gasteiger partial charge in [0.2, 0.25) is 5.91 Å². The van der Waals surface area contributed by atoms with Gasteiger partial charge in [0.25, 0.3) is 0 Å². The van der Waals surface area contributed by atoms with E-state index in [1.54, 1.807) is 0 Å².